The van der Waals surface area contributed by atoms with E-state index in [9.17, 15) is 24.9 Å². The van der Waals surface area contributed by atoms with Gasteiger partial charge in [0.05, 0.1) is 24.0 Å². The number of carbonyl (C=O) groups is 2. The average Bonchev–Trinajstić information content (AvgIpc) is 2.78. The van der Waals surface area contributed by atoms with Gasteiger partial charge in [0.1, 0.15) is 11.9 Å². The normalized spacial score (nSPS) is 27.5. The maximum atomic E-state index is 13.4. The second-order valence-corrected chi connectivity index (χ2v) is 11.1. The van der Waals surface area contributed by atoms with Crippen LogP contribution in [0.3, 0.4) is 0 Å². The van der Waals surface area contributed by atoms with Gasteiger partial charge in [0, 0.05) is 5.92 Å². The van der Waals surface area contributed by atoms with Crippen molar-refractivity contribution in [3.8, 4) is 5.75 Å². The number of aliphatic hydroxyl groups is 2. The third-order valence-electron chi connectivity index (χ3n) is 7.74. The minimum Gasteiger partial charge on any atom is -0.508 e. The number of esters is 1. The molecule has 4 N–H and O–H groups in total. The number of carboxylic acids is 1. The molecule has 36 heavy (non-hydrogen) atoms. The summed E-state index contributed by atoms with van der Waals surface area (Å²) in [6.45, 7) is 7.89. The number of phenols is 1. The first-order chi connectivity index (χ1) is 16.9. The maximum Gasteiger partial charge on any atom is 0.316 e. The van der Waals surface area contributed by atoms with E-state index in [0.29, 0.717) is 19.3 Å². The largest absolute Gasteiger partial charge is 0.508 e. The standard InChI is InChI=1S/C29H40O7/c1-17-13-19-6-5-18(2)24(12-11-22(31)15-23(32)16-26(33)34)27(19)25(14-17)36-28(35)29(3,4)20-7-9-21(30)10-8-20/h5-10,13,17-18,22-25,27,30-32H,11-12,14-16H2,1-4H3,(H,33,34)/t17-,18-,22+,23+,24-,25-,27-/m0/s1. The van der Waals surface area contributed by atoms with E-state index < -0.39 is 23.6 Å². The third kappa shape index (κ3) is 6.77. The molecule has 2 aliphatic rings. The van der Waals surface area contributed by atoms with E-state index in [1.54, 1.807) is 24.3 Å². The van der Waals surface area contributed by atoms with Crippen LogP contribution in [0.25, 0.3) is 0 Å². The van der Waals surface area contributed by atoms with Crippen molar-refractivity contribution in [2.24, 2.45) is 23.7 Å². The molecule has 1 aromatic carbocycles. The van der Waals surface area contributed by atoms with Gasteiger partial charge in [-0.2, -0.15) is 0 Å². The molecule has 2 aliphatic carbocycles. The zero-order valence-corrected chi connectivity index (χ0v) is 21.6. The van der Waals surface area contributed by atoms with Crippen molar-refractivity contribution in [3.05, 3.63) is 53.6 Å². The Balaban J connectivity index is 1.75. The Bertz CT molecular complexity index is 978. The van der Waals surface area contributed by atoms with Crippen LogP contribution < -0.4 is 0 Å². The fraction of sp³-hybridized carbons (Fsp3) is 0.586. The molecule has 7 heteroatoms. The number of aromatic hydroxyl groups is 1. The number of benzene rings is 1. The molecule has 0 fully saturated rings. The zero-order valence-electron chi connectivity index (χ0n) is 21.6. The Kier molecular flexibility index (Phi) is 9.01. The van der Waals surface area contributed by atoms with Crippen molar-refractivity contribution in [2.75, 3.05) is 0 Å². The highest BCUT2D eigenvalue weighted by Gasteiger charge is 2.43. The summed E-state index contributed by atoms with van der Waals surface area (Å²) in [5, 5.41) is 38.8. The van der Waals surface area contributed by atoms with Crippen molar-refractivity contribution < 1.29 is 34.8 Å². The van der Waals surface area contributed by atoms with Gasteiger partial charge in [0.2, 0.25) is 0 Å². The molecule has 0 heterocycles. The summed E-state index contributed by atoms with van der Waals surface area (Å²) in [6.07, 6.45) is 5.77. The molecule has 0 bridgehead atoms. The number of allylic oxidation sites excluding steroid dienone is 3. The Labute approximate surface area is 213 Å². The molecule has 0 unspecified atom stereocenters. The predicted molar refractivity (Wildman–Crippen MR) is 136 cm³/mol. The molecular formula is C29H40O7. The molecule has 1 aromatic rings. The lowest BCUT2D eigenvalue weighted by atomic mass is 9.65. The van der Waals surface area contributed by atoms with Crippen molar-refractivity contribution in [2.45, 2.75) is 83.5 Å². The molecule has 7 atom stereocenters. The highest BCUT2D eigenvalue weighted by Crippen LogP contribution is 2.45. The summed E-state index contributed by atoms with van der Waals surface area (Å²) in [4.78, 5) is 24.2. The molecule has 0 spiro atoms. The summed E-state index contributed by atoms with van der Waals surface area (Å²) in [7, 11) is 0. The molecule has 0 aliphatic heterocycles. The highest BCUT2D eigenvalue weighted by molar-refractivity contribution is 5.82. The van der Waals surface area contributed by atoms with E-state index in [-0.39, 0.29) is 54.3 Å². The van der Waals surface area contributed by atoms with E-state index in [1.807, 2.05) is 13.8 Å². The maximum absolute atomic E-state index is 13.4. The Morgan fingerprint density at radius 2 is 1.78 bits per heavy atom. The van der Waals surface area contributed by atoms with Crippen LogP contribution in [-0.4, -0.2) is 50.7 Å². The van der Waals surface area contributed by atoms with Crippen LogP contribution in [0.1, 0.15) is 65.4 Å². The first kappa shape index (κ1) is 27.9. The van der Waals surface area contributed by atoms with Gasteiger partial charge in [0.25, 0.3) is 0 Å². The van der Waals surface area contributed by atoms with Gasteiger partial charge in [-0.15, -0.1) is 0 Å². The second-order valence-electron chi connectivity index (χ2n) is 11.1. The predicted octanol–water partition coefficient (Wildman–Crippen LogP) is 4.35. The van der Waals surface area contributed by atoms with Crippen molar-refractivity contribution in [1.82, 2.24) is 0 Å². The van der Waals surface area contributed by atoms with Crippen LogP contribution in [0, 0.1) is 23.7 Å². The van der Waals surface area contributed by atoms with Crippen LogP contribution in [0.5, 0.6) is 5.75 Å². The zero-order chi connectivity index (χ0) is 26.6. The number of aliphatic hydroxyl groups excluding tert-OH is 2. The lowest BCUT2D eigenvalue weighted by Gasteiger charge is -2.44. The topological polar surface area (TPSA) is 124 Å². The number of hydrogen-bond acceptors (Lipinski definition) is 6. The van der Waals surface area contributed by atoms with Crippen LogP contribution in [0.15, 0.2) is 48.1 Å². The molecule has 0 saturated carbocycles. The molecule has 0 radical (unpaired) electrons. The van der Waals surface area contributed by atoms with Gasteiger partial charge in [-0.1, -0.05) is 44.2 Å². The van der Waals surface area contributed by atoms with Crippen LogP contribution in [0.2, 0.25) is 0 Å². The second kappa shape index (κ2) is 11.6. The fourth-order valence-corrected chi connectivity index (χ4v) is 5.60. The molecular weight excluding hydrogens is 460 g/mol. The Morgan fingerprint density at radius 1 is 1.11 bits per heavy atom. The molecule has 198 valence electrons. The SMILES string of the molecule is C[C@H]1C=C2C=C[C@H](C)[C@H](CC[C@@H](O)C[C@@H](O)CC(=O)O)[C@H]2[C@@H](OC(=O)C(C)(C)c2ccc(O)cc2)C1. The van der Waals surface area contributed by atoms with E-state index in [4.69, 9.17) is 9.84 Å². The highest BCUT2D eigenvalue weighted by atomic mass is 16.5. The minimum atomic E-state index is -1.09. The number of ether oxygens (including phenoxy) is 1. The summed E-state index contributed by atoms with van der Waals surface area (Å²) in [6, 6.07) is 6.60. The van der Waals surface area contributed by atoms with Crippen LogP contribution in [-0.2, 0) is 19.7 Å². The third-order valence-corrected chi connectivity index (χ3v) is 7.74. The number of carbonyl (C=O) groups excluding carboxylic acids is 1. The lowest BCUT2D eigenvalue weighted by molar-refractivity contribution is -0.160. The van der Waals surface area contributed by atoms with Crippen molar-refractivity contribution in [3.63, 3.8) is 0 Å². The number of fused-ring (bicyclic) bond motifs is 1. The first-order valence-corrected chi connectivity index (χ1v) is 12.9. The van der Waals surface area contributed by atoms with Crippen LogP contribution >= 0.6 is 0 Å². The van der Waals surface area contributed by atoms with Gasteiger partial charge < -0.3 is 25.2 Å². The van der Waals surface area contributed by atoms with E-state index in [2.05, 4.69) is 32.1 Å². The molecule has 3 rings (SSSR count). The number of hydrogen-bond donors (Lipinski definition) is 4. The Hall–Kier alpha value is -2.64. The first-order valence-electron chi connectivity index (χ1n) is 12.9. The van der Waals surface area contributed by atoms with Crippen LogP contribution in [0.4, 0.5) is 0 Å². The van der Waals surface area contributed by atoms with Gasteiger partial charge in [-0.3, -0.25) is 9.59 Å². The summed E-state index contributed by atoms with van der Waals surface area (Å²) in [5.41, 5.74) is 1.03. The van der Waals surface area contributed by atoms with Crippen molar-refractivity contribution >= 4 is 11.9 Å². The smallest absolute Gasteiger partial charge is 0.316 e. The van der Waals surface area contributed by atoms with Gasteiger partial charge >= 0.3 is 11.9 Å². The molecule has 0 amide bonds. The van der Waals surface area contributed by atoms with E-state index in [0.717, 1.165) is 11.1 Å². The molecule has 0 aromatic heterocycles. The van der Waals surface area contributed by atoms with Crippen molar-refractivity contribution in [1.29, 1.82) is 0 Å². The number of carboxylic acid groups (broad SMARTS) is 1. The molecule has 7 nitrogen and oxygen atoms in total. The number of phenolic OH excluding ortho intramolecular Hbond substituents is 1. The minimum absolute atomic E-state index is 0.00286. The lowest BCUT2D eigenvalue weighted by Crippen LogP contribution is -2.44. The number of rotatable bonds is 10. The monoisotopic (exact) mass is 500 g/mol. The van der Waals surface area contributed by atoms with Gasteiger partial charge in [-0.25, -0.2) is 0 Å². The summed E-state index contributed by atoms with van der Waals surface area (Å²) < 4.78 is 6.23. The Morgan fingerprint density at radius 3 is 2.42 bits per heavy atom. The fourth-order valence-electron chi connectivity index (χ4n) is 5.60. The average molecular weight is 501 g/mol. The van der Waals surface area contributed by atoms with E-state index >= 15 is 0 Å². The number of aliphatic carboxylic acids is 1. The van der Waals surface area contributed by atoms with Gasteiger partial charge in [-0.05, 0) is 80.6 Å². The summed E-state index contributed by atoms with van der Waals surface area (Å²) in [5.74, 6) is -0.672. The summed E-state index contributed by atoms with van der Waals surface area (Å²) >= 11 is 0. The molecule has 0 saturated heterocycles. The van der Waals surface area contributed by atoms with E-state index in [1.165, 1.54) is 0 Å². The van der Waals surface area contributed by atoms with Gasteiger partial charge in [0.15, 0.2) is 0 Å². The quantitative estimate of drug-likeness (QED) is 0.352.